The number of aromatic nitrogens is 2. The molecule has 1 aromatic heterocycles. The zero-order valence-electron chi connectivity index (χ0n) is 20.7. The molecule has 2 aromatic carbocycles. The number of benzene rings is 2. The summed E-state index contributed by atoms with van der Waals surface area (Å²) in [7, 11) is -3.15. The topological polar surface area (TPSA) is 81.5 Å². The normalized spacial score (nSPS) is 20.4. The fourth-order valence-corrected chi connectivity index (χ4v) is 7.62. The highest BCUT2D eigenvalue weighted by Gasteiger charge is 2.42. The Balaban J connectivity index is 1.54. The van der Waals surface area contributed by atoms with Gasteiger partial charge in [-0.15, -0.1) is 0 Å². The van der Waals surface area contributed by atoms with Crippen molar-refractivity contribution < 1.29 is 17.9 Å². The number of hydrogen-bond acceptors (Lipinski definition) is 7. The zero-order valence-corrected chi connectivity index (χ0v) is 23.2. The predicted molar refractivity (Wildman–Crippen MR) is 152 cm³/mol. The molecule has 0 bridgehead atoms. The molecule has 3 aromatic rings. The number of carbonyl (C=O) groups is 1. The van der Waals surface area contributed by atoms with E-state index in [1.807, 2.05) is 75.5 Å². The molecule has 37 heavy (non-hydrogen) atoms. The molecule has 0 radical (unpaired) electrons. The molecular weight excluding hydrogens is 527 g/mol. The van der Waals surface area contributed by atoms with Crippen LogP contribution in [0.25, 0.3) is 23.0 Å². The van der Waals surface area contributed by atoms with E-state index < -0.39 is 15.9 Å². The maximum absolute atomic E-state index is 13.4. The van der Waals surface area contributed by atoms with Gasteiger partial charge in [-0.25, -0.2) is 13.1 Å². The van der Waals surface area contributed by atoms with Crippen LogP contribution >= 0.6 is 24.0 Å². The maximum atomic E-state index is 13.4. The fourth-order valence-electron chi connectivity index (χ4n) is 4.53. The minimum atomic E-state index is -3.15. The molecule has 0 spiro atoms. The number of thioether (sulfide) groups is 1. The van der Waals surface area contributed by atoms with Crippen LogP contribution < -0.4 is 4.74 Å². The van der Waals surface area contributed by atoms with E-state index in [-0.39, 0.29) is 23.5 Å². The minimum absolute atomic E-state index is 0.0476. The van der Waals surface area contributed by atoms with Crippen LogP contribution in [0.3, 0.4) is 0 Å². The molecule has 0 N–H and O–H groups in total. The van der Waals surface area contributed by atoms with Crippen LogP contribution in [0.1, 0.15) is 31.4 Å². The van der Waals surface area contributed by atoms with Gasteiger partial charge in [-0.05, 0) is 69.2 Å². The number of aryl methyl sites for hydroxylation is 1. The van der Waals surface area contributed by atoms with Crippen molar-refractivity contribution in [2.75, 3.05) is 11.5 Å². The number of ether oxygens (including phenoxy) is 1. The highest BCUT2D eigenvalue weighted by atomic mass is 32.2. The number of rotatable bonds is 6. The Morgan fingerprint density at radius 2 is 1.95 bits per heavy atom. The van der Waals surface area contributed by atoms with Crippen molar-refractivity contribution in [1.29, 1.82) is 0 Å². The third-order valence-electron chi connectivity index (χ3n) is 6.26. The third kappa shape index (κ3) is 5.37. The van der Waals surface area contributed by atoms with Crippen LogP contribution in [-0.2, 0) is 14.6 Å². The minimum Gasteiger partial charge on any atom is -0.491 e. The fraction of sp³-hybridized carbons (Fsp3) is 0.296. The predicted octanol–water partition coefficient (Wildman–Crippen LogP) is 5.02. The van der Waals surface area contributed by atoms with Gasteiger partial charge in [-0.3, -0.25) is 9.69 Å². The average molecular weight is 554 g/mol. The Hall–Kier alpha value is -2.95. The van der Waals surface area contributed by atoms with Crippen LogP contribution in [0.15, 0.2) is 59.6 Å². The standard InChI is InChI=1S/C27H27N3O4S3/c1-17(2)34-23-10-9-19(13-18(23)3)25-20(15-29(28-25)21-7-5-4-6-8-21)14-24-26(31)30(27(35)36-24)22-11-12-37(32,33)16-22/h4-10,13-15,17,22H,11-12,16H2,1-3H3. The Kier molecular flexibility index (Phi) is 6.99. The first-order chi connectivity index (χ1) is 17.6. The summed E-state index contributed by atoms with van der Waals surface area (Å²) < 4.78 is 32.1. The molecule has 7 nitrogen and oxygen atoms in total. The first-order valence-corrected chi connectivity index (χ1v) is 15.1. The molecule has 2 aliphatic rings. The Labute approximate surface area is 226 Å². The molecule has 2 saturated heterocycles. The van der Waals surface area contributed by atoms with Gasteiger partial charge in [0.15, 0.2) is 9.84 Å². The number of amides is 1. The zero-order chi connectivity index (χ0) is 26.3. The molecule has 0 aliphatic carbocycles. The lowest BCUT2D eigenvalue weighted by atomic mass is 10.0. The number of thiocarbonyl (C=S) groups is 1. The van der Waals surface area contributed by atoms with Gasteiger partial charge in [0.25, 0.3) is 5.91 Å². The lowest BCUT2D eigenvalue weighted by Gasteiger charge is -2.20. The van der Waals surface area contributed by atoms with Crippen molar-refractivity contribution in [3.8, 4) is 22.7 Å². The summed E-state index contributed by atoms with van der Waals surface area (Å²) in [5, 5.41) is 4.87. The van der Waals surface area contributed by atoms with E-state index in [0.29, 0.717) is 15.6 Å². The van der Waals surface area contributed by atoms with E-state index in [9.17, 15) is 13.2 Å². The summed E-state index contributed by atoms with van der Waals surface area (Å²) in [6, 6.07) is 15.3. The molecule has 1 amide bonds. The molecule has 2 fully saturated rings. The molecular formula is C27H27N3O4S3. The molecule has 192 valence electrons. The second-order valence-electron chi connectivity index (χ2n) is 9.47. The van der Waals surface area contributed by atoms with Crippen molar-refractivity contribution in [3.63, 3.8) is 0 Å². The Morgan fingerprint density at radius 3 is 2.59 bits per heavy atom. The van der Waals surface area contributed by atoms with Crippen molar-refractivity contribution >= 4 is 50.1 Å². The summed E-state index contributed by atoms with van der Waals surface area (Å²) >= 11 is 6.70. The van der Waals surface area contributed by atoms with Gasteiger partial charge in [0, 0.05) is 17.3 Å². The van der Waals surface area contributed by atoms with E-state index in [0.717, 1.165) is 33.8 Å². The number of para-hydroxylation sites is 1. The van der Waals surface area contributed by atoms with Crippen LogP contribution in [0, 0.1) is 6.92 Å². The van der Waals surface area contributed by atoms with Crippen molar-refractivity contribution in [1.82, 2.24) is 14.7 Å². The van der Waals surface area contributed by atoms with E-state index in [2.05, 4.69) is 0 Å². The first kappa shape index (κ1) is 25.7. The Morgan fingerprint density at radius 1 is 1.19 bits per heavy atom. The number of carbonyl (C=O) groups excluding carboxylic acids is 1. The lowest BCUT2D eigenvalue weighted by molar-refractivity contribution is -0.123. The van der Waals surface area contributed by atoms with Crippen LogP contribution in [-0.4, -0.2) is 57.0 Å². The van der Waals surface area contributed by atoms with Gasteiger partial charge in [0.2, 0.25) is 0 Å². The van der Waals surface area contributed by atoms with Gasteiger partial charge < -0.3 is 4.74 Å². The summed E-state index contributed by atoms with van der Waals surface area (Å²) in [5.74, 6) is 0.591. The van der Waals surface area contributed by atoms with E-state index in [1.54, 1.807) is 10.8 Å². The molecule has 10 heteroatoms. The van der Waals surface area contributed by atoms with Crippen molar-refractivity contribution in [2.24, 2.45) is 0 Å². The molecule has 5 rings (SSSR count). The van der Waals surface area contributed by atoms with Gasteiger partial charge in [0.05, 0.1) is 34.2 Å². The molecule has 1 unspecified atom stereocenters. The SMILES string of the molecule is Cc1cc(-c2nn(-c3ccccc3)cc2C=C2SC(=S)N(C3CCS(=O)(=O)C3)C2=O)ccc1OC(C)C. The quantitative estimate of drug-likeness (QED) is 0.313. The highest BCUT2D eigenvalue weighted by Crippen LogP contribution is 2.38. The largest absolute Gasteiger partial charge is 0.491 e. The summed E-state index contributed by atoms with van der Waals surface area (Å²) in [6.07, 6.45) is 4.17. The van der Waals surface area contributed by atoms with Crippen molar-refractivity contribution in [3.05, 3.63) is 70.8 Å². The van der Waals surface area contributed by atoms with E-state index >= 15 is 0 Å². The monoisotopic (exact) mass is 553 g/mol. The van der Waals surface area contributed by atoms with Crippen molar-refractivity contribution in [2.45, 2.75) is 39.3 Å². The summed E-state index contributed by atoms with van der Waals surface area (Å²) in [5.41, 5.74) is 4.26. The van der Waals surface area contributed by atoms with Gasteiger partial charge in [0.1, 0.15) is 15.8 Å². The molecule has 0 saturated carbocycles. The second kappa shape index (κ2) is 10.1. The average Bonchev–Trinajstić information content (AvgIpc) is 3.51. The maximum Gasteiger partial charge on any atom is 0.266 e. The molecule has 2 aliphatic heterocycles. The van der Waals surface area contributed by atoms with Crippen LogP contribution in [0.5, 0.6) is 5.75 Å². The van der Waals surface area contributed by atoms with Gasteiger partial charge >= 0.3 is 0 Å². The number of sulfone groups is 1. The smallest absolute Gasteiger partial charge is 0.266 e. The highest BCUT2D eigenvalue weighted by molar-refractivity contribution is 8.26. The van der Waals surface area contributed by atoms with Crippen LogP contribution in [0.4, 0.5) is 0 Å². The van der Waals surface area contributed by atoms with Gasteiger partial charge in [-0.2, -0.15) is 5.10 Å². The third-order valence-corrected chi connectivity index (χ3v) is 9.34. The number of hydrogen-bond donors (Lipinski definition) is 0. The summed E-state index contributed by atoms with van der Waals surface area (Å²) in [6.45, 7) is 5.98. The number of nitrogens with zero attached hydrogens (tertiary/aromatic N) is 3. The molecule has 3 heterocycles. The lowest BCUT2D eigenvalue weighted by Crippen LogP contribution is -2.39. The Bertz CT molecular complexity index is 1510. The summed E-state index contributed by atoms with van der Waals surface area (Å²) in [4.78, 5) is 15.3. The van der Waals surface area contributed by atoms with Gasteiger partial charge in [-0.1, -0.05) is 42.2 Å². The second-order valence-corrected chi connectivity index (χ2v) is 13.4. The molecule has 1 atom stereocenters. The van der Waals surface area contributed by atoms with Crippen LogP contribution in [0.2, 0.25) is 0 Å². The van der Waals surface area contributed by atoms with E-state index in [1.165, 1.54) is 16.7 Å². The first-order valence-electron chi connectivity index (χ1n) is 12.0. The van der Waals surface area contributed by atoms with E-state index in [4.69, 9.17) is 22.1 Å².